The molecule has 2 atom stereocenters. The van der Waals surface area contributed by atoms with Crippen molar-refractivity contribution in [2.45, 2.75) is 141 Å². The molecular weight excluding hydrogens is 517 g/mol. The predicted molar refractivity (Wildman–Crippen MR) is 161 cm³/mol. The van der Waals surface area contributed by atoms with E-state index in [0.29, 0.717) is 17.6 Å². The van der Waals surface area contributed by atoms with Gasteiger partial charge in [0.2, 0.25) is 0 Å². The molecule has 0 aromatic carbocycles. The molecule has 0 radical (unpaired) electrons. The Kier molecular flexibility index (Phi) is 26.8. The summed E-state index contributed by atoms with van der Waals surface area (Å²) in [5.74, 6) is 0. The van der Waals surface area contributed by atoms with Crippen molar-refractivity contribution in [2.75, 3.05) is 54.1 Å². The van der Waals surface area contributed by atoms with Gasteiger partial charge in [0.1, 0.15) is 19.3 Å². The highest BCUT2D eigenvalue weighted by Gasteiger charge is 2.25. The summed E-state index contributed by atoms with van der Waals surface area (Å²) in [6.45, 7) is 3.31. The summed E-state index contributed by atoms with van der Waals surface area (Å²) in [6, 6.07) is 0. The predicted octanol–water partition coefficient (Wildman–Crippen LogP) is 8.52. The minimum Gasteiger partial charge on any atom is -0.379 e. The Morgan fingerprint density at radius 2 is 1.03 bits per heavy atom. The first-order chi connectivity index (χ1) is 18.7. The van der Waals surface area contributed by atoms with Gasteiger partial charge in [0.05, 0.1) is 34.4 Å². The number of ether oxygens (including phenoxy) is 1. The molecule has 236 valence electrons. The van der Waals surface area contributed by atoms with Crippen LogP contribution in [0.4, 0.5) is 0 Å². The Hall–Kier alpha value is -0.0500. The molecule has 0 bridgehead atoms. The Labute approximate surface area is 241 Å². The minimum atomic E-state index is -4.18. The number of phosphoric ester groups is 1. The van der Waals surface area contributed by atoms with Crippen LogP contribution in [-0.4, -0.2) is 74.9 Å². The van der Waals surface area contributed by atoms with Crippen molar-refractivity contribution in [1.29, 1.82) is 0 Å². The van der Waals surface area contributed by atoms with E-state index >= 15 is 0 Å². The molecule has 0 fully saturated rings. The highest BCUT2D eigenvalue weighted by Crippen LogP contribution is 2.43. The van der Waals surface area contributed by atoms with Gasteiger partial charge in [-0.05, 0) is 6.42 Å². The zero-order valence-corrected chi connectivity index (χ0v) is 27.0. The molecule has 0 spiro atoms. The topological polar surface area (TPSA) is 94.5 Å². The van der Waals surface area contributed by atoms with E-state index in [2.05, 4.69) is 11.8 Å². The standard InChI is InChI=1S/C30H64NO7P/c1-5-6-7-8-9-10-11-12-13-14-15-16-17-18-19-20-21-22-23-24-26-35-28-30(38-32)29-37-39(33,34)36-27-25-31(2,3)4/h30H,5-29H2,1-4H3,(H-,32,33,34)/p+1/t30-/m1/s1. The molecule has 0 amide bonds. The highest BCUT2D eigenvalue weighted by atomic mass is 31.2. The van der Waals surface area contributed by atoms with Crippen LogP contribution >= 0.6 is 7.82 Å². The van der Waals surface area contributed by atoms with Gasteiger partial charge in [0.15, 0.2) is 0 Å². The molecule has 0 aliphatic rings. The molecule has 0 aliphatic carbocycles. The van der Waals surface area contributed by atoms with E-state index in [0.717, 1.165) is 12.8 Å². The van der Waals surface area contributed by atoms with Gasteiger partial charge in [-0.3, -0.25) is 14.3 Å². The molecule has 0 heterocycles. The van der Waals surface area contributed by atoms with Crippen LogP contribution in [-0.2, 0) is 23.2 Å². The zero-order chi connectivity index (χ0) is 29.1. The van der Waals surface area contributed by atoms with Crippen LogP contribution in [0.2, 0.25) is 0 Å². The molecule has 1 unspecified atom stereocenters. The van der Waals surface area contributed by atoms with Gasteiger partial charge in [-0.25, -0.2) is 9.45 Å². The van der Waals surface area contributed by atoms with Gasteiger partial charge in [-0.2, -0.15) is 0 Å². The summed E-state index contributed by atoms with van der Waals surface area (Å²) in [7, 11) is 1.69. The normalized spacial score (nSPS) is 14.5. The molecule has 0 rings (SSSR count). The number of unbranched alkanes of at least 4 members (excludes halogenated alkanes) is 19. The molecular formula is C30H65NO7P+. The van der Waals surface area contributed by atoms with Crippen molar-refractivity contribution >= 4 is 7.82 Å². The lowest BCUT2D eigenvalue weighted by atomic mass is 10.0. The second kappa shape index (κ2) is 26.8. The lowest BCUT2D eigenvalue weighted by Crippen LogP contribution is -2.37. The van der Waals surface area contributed by atoms with E-state index in [1.165, 1.54) is 116 Å². The third kappa shape index (κ3) is 30.7. The third-order valence-corrected chi connectivity index (χ3v) is 8.02. The fourth-order valence-electron chi connectivity index (χ4n) is 4.43. The van der Waals surface area contributed by atoms with E-state index < -0.39 is 13.9 Å². The third-order valence-electron chi connectivity index (χ3n) is 7.04. The van der Waals surface area contributed by atoms with Crippen LogP contribution in [0.3, 0.4) is 0 Å². The van der Waals surface area contributed by atoms with Gasteiger partial charge in [-0.15, -0.1) is 0 Å². The van der Waals surface area contributed by atoms with E-state index in [9.17, 15) is 9.46 Å². The SMILES string of the molecule is CCCCCCCCCCCCCCCCCCCCCCOC[C@H](COP(=O)(O)OCC[N+](C)(C)C)OO. The lowest BCUT2D eigenvalue weighted by molar-refractivity contribution is -0.870. The van der Waals surface area contributed by atoms with E-state index in [4.69, 9.17) is 19.0 Å². The van der Waals surface area contributed by atoms with Crippen LogP contribution in [0.5, 0.6) is 0 Å². The number of hydrogen-bond acceptors (Lipinski definition) is 6. The van der Waals surface area contributed by atoms with E-state index in [1.54, 1.807) is 0 Å². The monoisotopic (exact) mass is 582 g/mol. The number of quaternary nitrogens is 1. The quantitative estimate of drug-likeness (QED) is 0.0278. The van der Waals surface area contributed by atoms with Crippen molar-refractivity contribution in [3.63, 3.8) is 0 Å². The Morgan fingerprint density at radius 1 is 0.615 bits per heavy atom. The summed E-state index contributed by atoms with van der Waals surface area (Å²) in [5, 5.41) is 9.00. The molecule has 0 saturated carbocycles. The van der Waals surface area contributed by atoms with Crippen LogP contribution in [0.25, 0.3) is 0 Å². The summed E-state index contributed by atoms with van der Waals surface area (Å²) in [5.41, 5.74) is 0. The zero-order valence-electron chi connectivity index (χ0n) is 26.1. The largest absolute Gasteiger partial charge is 0.472 e. The fourth-order valence-corrected chi connectivity index (χ4v) is 5.17. The van der Waals surface area contributed by atoms with Gasteiger partial charge >= 0.3 is 7.82 Å². The van der Waals surface area contributed by atoms with Crippen molar-refractivity contribution in [3.05, 3.63) is 0 Å². The molecule has 0 aromatic heterocycles. The highest BCUT2D eigenvalue weighted by molar-refractivity contribution is 7.47. The second-order valence-corrected chi connectivity index (χ2v) is 13.6. The Balaban J connectivity index is 3.41. The maximum Gasteiger partial charge on any atom is 0.472 e. The number of phosphoric acid groups is 1. The first-order valence-electron chi connectivity index (χ1n) is 16.0. The first kappa shape index (κ1) is 39.0. The van der Waals surface area contributed by atoms with E-state index in [-0.39, 0.29) is 19.8 Å². The fraction of sp³-hybridized carbons (Fsp3) is 1.00. The lowest BCUT2D eigenvalue weighted by Gasteiger charge is -2.24. The van der Waals surface area contributed by atoms with Gasteiger partial charge in [0, 0.05) is 6.61 Å². The number of likely N-dealkylation sites (N-methyl/N-ethyl adjacent to an activating group) is 1. The smallest absolute Gasteiger partial charge is 0.379 e. The Bertz CT molecular complexity index is 560. The number of hydrogen-bond donors (Lipinski definition) is 2. The van der Waals surface area contributed by atoms with Crippen molar-refractivity contribution in [1.82, 2.24) is 0 Å². The molecule has 8 nitrogen and oxygen atoms in total. The van der Waals surface area contributed by atoms with Gasteiger partial charge in [-0.1, -0.05) is 129 Å². The maximum atomic E-state index is 11.9. The molecule has 9 heteroatoms. The molecule has 2 N–H and O–H groups in total. The van der Waals surface area contributed by atoms with E-state index in [1.807, 2.05) is 21.1 Å². The summed E-state index contributed by atoms with van der Waals surface area (Å²) < 4.78 is 27.9. The average Bonchev–Trinajstić information content (AvgIpc) is 2.88. The first-order valence-corrected chi connectivity index (χ1v) is 17.5. The van der Waals surface area contributed by atoms with Crippen molar-refractivity contribution < 1.29 is 37.9 Å². The van der Waals surface area contributed by atoms with Crippen LogP contribution in [0.15, 0.2) is 0 Å². The van der Waals surface area contributed by atoms with Gasteiger partial charge in [0.25, 0.3) is 0 Å². The van der Waals surface area contributed by atoms with Crippen molar-refractivity contribution in [2.24, 2.45) is 0 Å². The molecule has 39 heavy (non-hydrogen) atoms. The number of rotatable bonds is 31. The number of nitrogens with zero attached hydrogens (tertiary/aromatic N) is 1. The van der Waals surface area contributed by atoms with Crippen molar-refractivity contribution in [3.8, 4) is 0 Å². The average molecular weight is 583 g/mol. The molecule has 0 saturated heterocycles. The van der Waals surface area contributed by atoms with Crippen LogP contribution < -0.4 is 0 Å². The molecule has 0 aliphatic heterocycles. The van der Waals surface area contributed by atoms with Crippen LogP contribution in [0.1, 0.15) is 135 Å². The van der Waals surface area contributed by atoms with Gasteiger partial charge < -0.3 is 14.1 Å². The minimum absolute atomic E-state index is 0.0918. The second-order valence-electron chi connectivity index (χ2n) is 12.1. The summed E-state index contributed by atoms with van der Waals surface area (Å²) in [6.07, 6.45) is 26.2. The maximum absolute atomic E-state index is 11.9. The summed E-state index contributed by atoms with van der Waals surface area (Å²) in [4.78, 5) is 14.0. The summed E-state index contributed by atoms with van der Waals surface area (Å²) >= 11 is 0. The Morgan fingerprint density at radius 3 is 1.41 bits per heavy atom. The molecule has 0 aromatic rings. The van der Waals surface area contributed by atoms with Crippen LogP contribution in [0, 0.1) is 0 Å².